The summed E-state index contributed by atoms with van der Waals surface area (Å²) >= 11 is 0. The van der Waals surface area contributed by atoms with Crippen LogP contribution in [-0.4, -0.2) is 20.9 Å². The number of carbonyl (C=O) groups is 1. The third-order valence-corrected chi connectivity index (χ3v) is 2.75. The fourth-order valence-corrected chi connectivity index (χ4v) is 1.90. The van der Waals surface area contributed by atoms with Crippen molar-refractivity contribution < 1.29 is 9.90 Å². The van der Waals surface area contributed by atoms with E-state index in [4.69, 9.17) is 5.11 Å². The molecule has 16 heavy (non-hydrogen) atoms. The average molecular weight is 222 g/mol. The number of carboxylic acids is 1. The van der Waals surface area contributed by atoms with Crippen LogP contribution in [0.2, 0.25) is 0 Å². The number of aromatic nitrogens is 2. The molecule has 1 N–H and O–H groups in total. The maximum absolute atomic E-state index is 10.7. The first-order valence-corrected chi connectivity index (χ1v) is 5.69. The van der Waals surface area contributed by atoms with E-state index in [1.807, 2.05) is 10.7 Å². The van der Waals surface area contributed by atoms with Gasteiger partial charge in [0.2, 0.25) is 0 Å². The summed E-state index contributed by atoms with van der Waals surface area (Å²) in [5.74, 6) is -0.227. The molecule has 0 bridgehead atoms. The van der Waals surface area contributed by atoms with Gasteiger partial charge in [-0.15, -0.1) is 0 Å². The van der Waals surface area contributed by atoms with Gasteiger partial charge in [-0.3, -0.25) is 9.48 Å². The van der Waals surface area contributed by atoms with Gasteiger partial charge in [0.05, 0.1) is 17.7 Å². The lowest BCUT2D eigenvalue weighted by Crippen LogP contribution is -2.25. The first-order valence-electron chi connectivity index (χ1n) is 5.69. The summed E-state index contributed by atoms with van der Waals surface area (Å²) in [5.41, 5.74) is 1.79. The third kappa shape index (κ3) is 2.26. The second kappa shape index (κ2) is 3.61. The molecule has 1 saturated carbocycles. The molecular weight excluding hydrogens is 204 g/mol. The number of rotatable bonds is 3. The number of carboxylic acid groups (broad SMARTS) is 1. The molecule has 0 spiro atoms. The molecule has 4 heteroatoms. The molecule has 0 saturated heterocycles. The number of hydrogen-bond acceptors (Lipinski definition) is 2. The Morgan fingerprint density at radius 2 is 2.19 bits per heavy atom. The highest BCUT2D eigenvalue weighted by molar-refractivity contribution is 5.69. The molecule has 88 valence electrons. The monoisotopic (exact) mass is 222 g/mol. The highest BCUT2D eigenvalue weighted by Crippen LogP contribution is 2.41. The standard InChI is InChI=1S/C12H18N2O2/c1-12(2,3)14-10(8-4-5-8)6-9(13-14)7-11(15)16/h6,8H,4-5,7H2,1-3H3,(H,15,16). The van der Waals surface area contributed by atoms with E-state index in [9.17, 15) is 4.79 Å². The Labute approximate surface area is 95.3 Å². The molecular formula is C12H18N2O2. The first-order chi connectivity index (χ1) is 7.38. The second-order valence-corrected chi connectivity index (χ2v) is 5.49. The Bertz CT molecular complexity index is 411. The first kappa shape index (κ1) is 11.2. The molecule has 0 atom stereocenters. The van der Waals surface area contributed by atoms with E-state index in [0.29, 0.717) is 11.6 Å². The van der Waals surface area contributed by atoms with Crippen LogP contribution >= 0.6 is 0 Å². The van der Waals surface area contributed by atoms with Crippen LogP contribution in [0.15, 0.2) is 6.07 Å². The van der Waals surface area contributed by atoms with Crippen LogP contribution in [0.5, 0.6) is 0 Å². The zero-order valence-corrected chi connectivity index (χ0v) is 10.0. The lowest BCUT2D eigenvalue weighted by atomic mass is 10.1. The molecule has 1 fully saturated rings. The van der Waals surface area contributed by atoms with Crippen LogP contribution in [0.3, 0.4) is 0 Å². The van der Waals surface area contributed by atoms with Gasteiger partial charge in [0.25, 0.3) is 0 Å². The maximum atomic E-state index is 10.7. The zero-order chi connectivity index (χ0) is 11.9. The van der Waals surface area contributed by atoms with E-state index in [2.05, 4.69) is 25.9 Å². The summed E-state index contributed by atoms with van der Waals surface area (Å²) in [6, 6.07) is 1.96. The van der Waals surface area contributed by atoms with E-state index in [1.165, 1.54) is 18.5 Å². The van der Waals surface area contributed by atoms with Gasteiger partial charge in [0.15, 0.2) is 0 Å². The molecule has 1 aliphatic rings. The van der Waals surface area contributed by atoms with Crippen LogP contribution in [0.4, 0.5) is 0 Å². The van der Waals surface area contributed by atoms with E-state index in [-0.39, 0.29) is 12.0 Å². The van der Waals surface area contributed by atoms with Gasteiger partial charge in [0, 0.05) is 11.6 Å². The van der Waals surface area contributed by atoms with Crippen molar-refractivity contribution in [2.24, 2.45) is 0 Å². The lowest BCUT2D eigenvalue weighted by Gasteiger charge is -2.22. The maximum Gasteiger partial charge on any atom is 0.309 e. The minimum absolute atomic E-state index is 0.0167. The van der Waals surface area contributed by atoms with Crippen molar-refractivity contribution >= 4 is 5.97 Å². The van der Waals surface area contributed by atoms with Gasteiger partial charge in [0.1, 0.15) is 0 Å². The van der Waals surface area contributed by atoms with Crippen molar-refractivity contribution in [1.29, 1.82) is 0 Å². The molecule has 0 amide bonds. The summed E-state index contributed by atoms with van der Waals surface area (Å²) in [5, 5.41) is 13.2. The van der Waals surface area contributed by atoms with Crippen molar-refractivity contribution in [1.82, 2.24) is 9.78 Å². The number of aliphatic carboxylic acids is 1. The van der Waals surface area contributed by atoms with Crippen LogP contribution in [0.1, 0.15) is 50.9 Å². The fourth-order valence-electron chi connectivity index (χ4n) is 1.90. The Morgan fingerprint density at radius 1 is 1.56 bits per heavy atom. The topological polar surface area (TPSA) is 55.1 Å². The van der Waals surface area contributed by atoms with E-state index >= 15 is 0 Å². The smallest absolute Gasteiger partial charge is 0.309 e. The van der Waals surface area contributed by atoms with Crippen LogP contribution in [-0.2, 0) is 16.8 Å². The lowest BCUT2D eigenvalue weighted by molar-refractivity contribution is -0.136. The van der Waals surface area contributed by atoms with E-state index in [1.54, 1.807) is 0 Å². The second-order valence-electron chi connectivity index (χ2n) is 5.49. The summed E-state index contributed by atoms with van der Waals surface area (Å²) < 4.78 is 1.99. The summed E-state index contributed by atoms with van der Waals surface area (Å²) in [4.78, 5) is 10.7. The van der Waals surface area contributed by atoms with Crippen LogP contribution in [0, 0.1) is 0 Å². The van der Waals surface area contributed by atoms with Crippen molar-refractivity contribution in [2.45, 2.75) is 51.5 Å². The van der Waals surface area contributed by atoms with Crippen LogP contribution < -0.4 is 0 Å². The Kier molecular flexibility index (Phi) is 2.52. The average Bonchev–Trinajstić information content (AvgIpc) is 2.86. The van der Waals surface area contributed by atoms with E-state index in [0.717, 1.165) is 0 Å². The van der Waals surface area contributed by atoms with E-state index < -0.39 is 5.97 Å². The van der Waals surface area contributed by atoms with Gasteiger partial charge in [-0.1, -0.05) is 0 Å². The summed E-state index contributed by atoms with van der Waals surface area (Å²) in [6.07, 6.45) is 2.42. The molecule has 1 heterocycles. The SMILES string of the molecule is CC(C)(C)n1nc(CC(=O)O)cc1C1CC1. The molecule has 0 aromatic carbocycles. The summed E-state index contributed by atoms with van der Waals surface area (Å²) in [6.45, 7) is 6.28. The molecule has 1 aromatic heterocycles. The molecule has 1 aromatic rings. The number of nitrogens with zero attached hydrogens (tertiary/aromatic N) is 2. The quantitative estimate of drug-likeness (QED) is 0.852. The highest BCUT2D eigenvalue weighted by atomic mass is 16.4. The van der Waals surface area contributed by atoms with Crippen molar-refractivity contribution in [3.05, 3.63) is 17.5 Å². The largest absolute Gasteiger partial charge is 0.481 e. The third-order valence-electron chi connectivity index (χ3n) is 2.75. The highest BCUT2D eigenvalue weighted by Gasteiger charge is 2.31. The predicted molar refractivity (Wildman–Crippen MR) is 60.5 cm³/mol. The van der Waals surface area contributed by atoms with Crippen molar-refractivity contribution in [2.75, 3.05) is 0 Å². The molecule has 2 rings (SSSR count). The molecule has 1 aliphatic carbocycles. The normalized spacial score (nSPS) is 16.4. The van der Waals surface area contributed by atoms with Gasteiger partial charge in [-0.25, -0.2) is 0 Å². The molecule has 0 unspecified atom stereocenters. The van der Waals surface area contributed by atoms with Gasteiger partial charge >= 0.3 is 5.97 Å². The molecule has 4 nitrogen and oxygen atoms in total. The predicted octanol–water partition coefficient (Wildman–Crippen LogP) is 2.14. The van der Waals surface area contributed by atoms with Crippen molar-refractivity contribution in [3.8, 4) is 0 Å². The fraction of sp³-hybridized carbons (Fsp3) is 0.667. The molecule has 0 aliphatic heterocycles. The number of hydrogen-bond donors (Lipinski definition) is 1. The minimum atomic E-state index is -0.819. The van der Waals surface area contributed by atoms with Crippen LogP contribution in [0.25, 0.3) is 0 Å². The van der Waals surface area contributed by atoms with Crippen molar-refractivity contribution in [3.63, 3.8) is 0 Å². The zero-order valence-electron chi connectivity index (χ0n) is 10.0. The molecule has 0 radical (unpaired) electrons. The van der Waals surface area contributed by atoms with Gasteiger partial charge in [-0.2, -0.15) is 5.10 Å². The Hall–Kier alpha value is -1.32. The summed E-state index contributed by atoms with van der Waals surface area (Å²) in [7, 11) is 0. The minimum Gasteiger partial charge on any atom is -0.481 e. The Morgan fingerprint density at radius 3 is 2.62 bits per heavy atom. The van der Waals surface area contributed by atoms with Gasteiger partial charge in [-0.05, 0) is 39.7 Å². The Balaban J connectivity index is 2.34. The van der Waals surface area contributed by atoms with Gasteiger partial charge < -0.3 is 5.11 Å².